The molecule has 21 heavy (non-hydrogen) atoms. The van der Waals surface area contributed by atoms with Crippen LogP contribution < -0.4 is 5.32 Å². The first kappa shape index (κ1) is 14.3. The third kappa shape index (κ3) is 2.61. The van der Waals surface area contributed by atoms with Crippen molar-refractivity contribution in [1.29, 1.82) is 0 Å². The van der Waals surface area contributed by atoms with Crippen molar-refractivity contribution >= 4 is 17.4 Å². The van der Waals surface area contributed by atoms with Gasteiger partial charge in [0.05, 0.1) is 28.9 Å². The molecule has 0 bridgehead atoms. The number of aromatic nitrogens is 2. The van der Waals surface area contributed by atoms with E-state index in [-0.39, 0.29) is 11.8 Å². The Labute approximate surface area is 129 Å². The zero-order valence-electron chi connectivity index (χ0n) is 12.2. The Morgan fingerprint density at radius 2 is 2.24 bits per heavy atom. The number of aryl methyl sites for hydroxylation is 2. The molecule has 4 nitrogen and oxygen atoms in total. The molecule has 2 aromatic rings. The Hall–Kier alpha value is -1.65. The van der Waals surface area contributed by atoms with Gasteiger partial charge in [0.1, 0.15) is 0 Å². The van der Waals surface area contributed by atoms with Crippen LogP contribution in [0.2, 0.25) is 5.02 Å². The van der Waals surface area contributed by atoms with Gasteiger partial charge in [0, 0.05) is 13.6 Å². The van der Waals surface area contributed by atoms with Crippen molar-refractivity contribution in [3.63, 3.8) is 0 Å². The standard InChI is InChI=1S/C16H18ClN3O/c1-10-15(17)13(20(2)19-10)9-14(21)16-12-6-4-3-5-11(12)7-8-18-16/h3-6,16,18H,7-9H2,1-2H3. The summed E-state index contributed by atoms with van der Waals surface area (Å²) < 4.78 is 1.70. The predicted octanol–water partition coefficient (Wildman–Crippen LogP) is 2.38. The fraction of sp³-hybridized carbons (Fsp3) is 0.375. The molecule has 0 fully saturated rings. The van der Waals surface area contributed by atoms with Crippen LogP contribution in [0.4, 0.5) is 0 Å². The molecule has 0 radical (unpaired) electrons. The van der Waals surface area contributed by atoms with Gasteiger partial charge >= 0.3 is 0 Å². The second-order valence-electron chi connectivity index (χ2n) is 5.45. The van der Waals surface area contributed by atoms with Crippen LogP contribution in [0.15, 0.2) is 24.3 Å². The smallest absolute Gasteiger partial charge is 0.160 e. The van der Waals surface area contributed by atoms with Gasteiger partial charge < -0.3 is 5.32 Å². The quantitative estimate of drug-likeness (QED) is 0.947. The molecule has 0 spiro atoms. The molecule has 0 aliphatic carbocycles. The Morgan fingerprint density at radius 3 is 2.95 bits per heavy atom. The van der Waals surface area contributed by atoms with Crippen molar-refractivity contribution in [2.24, 2.45) is 7.05 Å². The fourth-order valence-electron chi connectivity index (χ4n) is 2.93. The van der Waals surface area contributed by atoms with Crippen LogP contribution in [-0.2, 0) is 24.7 Å². The van der Waals surface area contributed by atoms with Gasteiger partial charge in [0.15, 0.2) is 5.78 Å². The molecule has 2 heterocycles. The van der Waals surface area contributed by atoms with Gasteiger partial charge in [0.25, 0.3) is 0 Å². The highest BCUT2D eigenvalue weighted by Crippen LogP contribution is 2.26. The molecule has 0 saturated carbocycles. The summed E-state index contributed by atoms with van der Waals surface area (Å²) in [6.45, 7) is 2.68. The molecular formula is C16H18ClN3O. The number of Topliss-reactive ketones (excluding diaryl/α,β-unsaturated/α-hetero) is 1. The number of hydrogen-bond acceptors (Lipinski definition) is 3. The zero-order chi connectivity index (χ0) is 15.0. The largest absolute Gasteiger partial charge is 0.303 e. The maximum atomic E-state index is 12.7. The van der Waals surface area contributed by atoms with Crippen molar-refractivity contribution in [3.8, 4) is 0 Å². The third-order valence-electron chi connectivity index (χ3n) is 4.03. The van der Waals surface area contributed by atoms with Crippen LogP contribution in [0.1, 0.15) is 28.6 Å². The molecule has 1 aliphatic rings. The van der Waals surface area contributed by atoms with Gasteiger partial charge in [-0.3, -0.25) is 9.48 Å². The number of hydrogen-bond donors (Lipinski definition) is 1. The molecule has 5 heteroatoms. The Bertz CT molecular complexity index is 693. The van der Waals surface area contributed by atoms with E-state index < -0.39 is 0 Å². The van der Waals surface area contributed by atoms with E-state index in [0.29, 0.717) is 11.4 Å². The maximum absolute atomic E-state index is 12.7. The van der Waals surface area contributed by atoms with E-state index in [9.17, 15) is 4.79 Å². The fourth-order valence-corrected chi connectivity index (χ4v) is 3.16. The second-order valence-corrected chi connectivity index (χ2v) is 5.83. The molecule has 1 atom stereocenters. The molecular weight excluding hydrogens is 286 g/mol. The molecule has 0 saturated heterocycles. The van der Waals surface area contributed by atoms with E-state index in [1.54, 1.807) is 4.68 Å². The summed E-state index contributed by atoms with van der Waals surface area (Å²) in [5, 5.41) is 8.18. The van der Waals surface area contributed by atoms with Crippen LogP contribution in [-0.4, -0.2) is 22.1 Å². The van der Waals surface area contributed by atoms with E-state index in [2.05, 4.69) is 16.5 Å². The lowest BCUT2D eigenvalue weighted by Crippen LogP contribution is -2.36. The number of rotatable bonds is 3. The van der Waals surface area contributed by atoms with Crippen molar-refractivity contribution in [2.75, 3.05) is 6.54 Å². The van der Waals surface area contributed by atoms with Crippen LogP contribution in [0.25, 0.3) is 0 Å². The van der Waals surface area contributed by atoms with Crippen molar-refractivity contribution < 1.29 is 4.79 Å². The number of nitrogens with zero attached hydrogens (tertiary/aromatic N) is 2. The summed E-state index contributed by atoms with van der Waals surface area (Å²) >= 11 is 6.24. The average Bonchev–Trinajstić information content (AvgIpc) is 2.73. The number of halogens is 1. The summed E-state index contributed by atoms with van der Waals surface area (Å²) in [6.07, 6.45) is 1.26. The summed E-state index contributed by atoms with van der Waals surface area (Å²) in [4.78, 5) is 12.7. The van der Waals surface area contributed by atoms with Gasteiger partial charge in [0.2, 0.25) is 0 Å². The molecule has 1 aromatic carbocycles. The molecule has 110 valence electrons. The van der Waals surface area contributed by atoms with Gasteiger partial charge in [-0.15, -0.1) is 0 Å². The van der Waals surface area contributed by atoms with Gasteiger partial charge in [-0.05, 0) is 24.5 Å². The van der Waals surface area contributed by atoms with Crippen molar-refractivity contribution in [1.82, 2.24) is 15.1 Å². The monoisotopic (exact) mass is 303 g/mol. The van der Waals surface area contributed by atoms with E-state index in [0.717, 1.165) is 29.9 Å². The number of benzene rings is 1. The Balaban J connectivity index is 1.87. The average molecular weight is 304 g/mol. The first-order valence-corrected chi connectivity index (χ1v) is 7.47. The molecule has 0 amide bonds. The molecule has 1 unspecified atom stereocenters. The van der Waals surface area contributed by atoms with Crippen molar-refractivity contribution in [2.45, 2.75) is 25.8 Å². The van der Waals surface area contributed by atoms with E-state index in [1.807, 2.05) is 32.2 Å². The lowest BCUT2D eigenvalue weighted by Gasteiger charge is -2.25. The highest BCUT2D eigenvalue weighted by Gasteiger charge is 2.27. The molecule has 1 aliphatic heterocycles. The Morgan fingerprint density at radius 1 is 1.48 bits per heavy atom. The first-order chi connectivity index (χ1) is 10.1. The summed E-state index contributed by atoms with van der Waals surface area (Å²) in [5.74, 6) is 0.132. The normalized spacial score (nSPS) is 17.6. The summed E-state index contributed by atoms with van der Waals surface area (Å²) in [5.41, 5.74) is 3.88. The molecule has 1 aromatic heterocycles. The van der Waals surface area contributed by atoms with Crippen LogP contribution >= 0.6 is 11.6 Å². The maximum Gasteiger partial charge on any atom is 0.160 e. The SMILES string of the molecule is Cc1nn(C)c(CC(=O)C2NCCc3ccccc32)c1Cl. The predicted molar refractivity (Wildman–Crippen MR) is 82.6 cm³/mol. The number of nitrogens with one attached hydrogen (secondary N) is 1. The third-order valence-corrected chi connectivity index (χ3v) is 4.53. The van der Waals surface area contributed by atoms with Crippen LogP contribution in [0.3, 0.4) is 0 Å². The number of ketones is 1. The van der Waals surface area contributed by atoms with Crippen LogP contribution in [0, 0.1) is 6.92 Å². The highest BCUT2D eigenvalue weighted by molar-refractivity contribution is 6.32. The highest BCUT2D eigenvalue weighted by atomic mass is 35.5. The minimum atomic E-state index is -0.249. The number of fused-ring (bicyclic) bond motifs is 1. The van der Waals surface area contributed by atoms with Gasteiger partial charge in [-0.25, -0.2) is 0 Å². The van der Waals surface area contributed by atoms with E-state index >= 15 is 0 Å². The van der Waals surface area contributed by atoms with E-state index in [1.165, 1.54) is 5.56 Å². The van der Waals surface area contributed by atoms with E-state index in [4.69, 9.17) is 11.6 Å². The first-order valence-electron chi connectivity index (χ1n) is 7.10. The lowest BCUT2D eigenvalue weighted by molar-refractivity contribution is -0.120. The summed E-state index contributed by atoms with van der Waals surface area (Å²) in [6, 6.07) is 7.87. The zero-order valence-corrected chi connectivity index (χ0v) is 12.9. The second kappa shape index (κ2) is 5.62. The van der Waals surface area contributed by atoms with Gasteiger partial charge in [-0.2, -0.15) is 5.10 Å². The minimum absolute atomic E-state index is 0.132. The number of carbonyl (C=O) groups is 1. The minimum Gasteiger partial charge on any atom is -0.303 e. The van der Waals surface area contributed by atoms with Crippen molar-refractivity contribution in [3.05, 3.63) is 51.8 Å². The molecule has 1 N–H and O–H groups in total. The van der Waals surface area contributed by atoms with Gasteiger partial charge in [-0.1, -0.05) is 35.9 Å². The Kier molecular flexibility index (Phi) is 3.83. The topological polar surface area (TPSA) is 46.9 Å². The number of carbonyl (C=O) groups excluding carboxylic acids is 1. The van der Waals surface area contributed by atoms with Crippen LogP contribution in [0.5, 0.6) is 0 Å². The molecule has 3 rings (SSSR count). The summed E-state index contributed by atoms with van der Waals surface area (Å²) in [7, 11) is 1.82. The lowest BCUT2D eigenvalue weighted by atomic mass is 9.90.